The Bertz CT molecular complexity index is 513. The first-order valence-corrected chi connectivity index (χ1v) is 6.83. The third-order valence-corrected chi connectivity index (χ3v) is 3.11. The molecule has 20 heavy (non-hydrogen) atoms. The van der Waals surface area contributed by atoms with Crippen molar-refractivity contribution in [2.75, 3.05) is 19.7 Å². The molecule has 0 bridgehead atoms. The molecule has 0 saturated carbocycles. The summed E-state index contributed by atoms with van der Waals surface area (Å²) in [6, 6.07) is 1.72. The number of nitrogens with zero attached hydrogens (tertiary/aromatic N) is 1. The molecule has 1 unspecified atom stereocenters. The van der Waals surface area contributed by atoms with Crippen LogP contribution in [0.15, 0.2) is 18.5 Å². The molecule has 1 saturated heterocycles. The highest BCUT2D eigenvalue weighted by Gasteiger charge is 2.15. The van der Waals surface area contributed by atoms with E-state index in [1.165, 1.54) is 6.20 Å². The zero-order valence-electron chi connectivity index (χ0n) is 11.4. The summed E-state index contributed by atoms with van der Waals surface area (Å²) < 4.78 is 5.51. The van der Waals surface area contributed by atoms with Crippen LogP contribution in [0, 0.1) is 11.8 Å². The van der Waals surface area contributed by atoms with Crippen molar-refractivity contribution in [3.05, 3.63) is 29.6 Å². The van der Waals surface area contributed by atoms with Crippen LogP contribution in [0.1, 0.15) is 35.2 Å². The molecule has 1 aliphatic rings. The average molecular weight is 273 g/mol. The highest BCUT2D eigenvalue weighted by atomic mass is 16.5. The van der Waals surface area contributed by atoms with Gasteiger partial charge in [0.25, 0.3) is 5.91 Å². The number of nitrogens with two attached hydrogens (primary N) is 1. The molecule has 5 heteroatoms. The van der Waals surface area contributed by atoms with Crippen molar-refractivity contribution >= 4 is 5.91 Å². The number of hydrogen-bond donors (Lipinski definition) is 2. The number of aromatic nitrogens is 1. The first-order valence-electron chi connectivity index (χ1n) is 6.83. The number of rotatable bonds is 4. The lowest BCUT2D eigenvalue weighted by molar-refractivity contribution is 0.0907. The van der Waals surface area contributed by atoms with Crippen molar-refractivity contribution in [3.63, 3.8) is 0 Å². The molecule has 3 N–H and O–H groups in total. The minimum Gasteiger partial charge on any atom is -0.378 e. The van der Waals surface area contributed by atoms with Gasteiger partial charge in [0.1, 0.15) is 0 Å². The summed E-state index contributed by atoms with van der Waals surface area (Å²) in [6.07, 6.45) is 6.49. The van der Waals surface area contributed by atoms with Gasteiger partial charge in [-0.3, -0.25) is 9.78 Å². The van der Waals surface area contributed by atoms with Gasteiger partial charge in [0.05, 0.1) is 18.2 Å². The van der Waals surface area contributed by atoms with E-state index in [1.807, 2.05) is 0 Å². The van der Waals surface area contributed by atoms with Crippen molar-refractivity contribution in [2.45, 2.75) is 25.4 Å². The molecular weight excluding hydrogens is 254 g/mol. The molecule has 0 radical (unpaired) electrons. The number of hydrogen-bond acceptors (Lipinski definition) is 4. The van der Waals surface area contributed by atoms with E-state index in [1.54, 1.807) is 12.3 Å². The second-order valence-corrected chi connectivity index (χ2v) is 4.65. The average Bonchev–Trinajstić information content (AvgIpc) is 2.98. The topological polar surface area (TPSA) is 77.2 Å². The predicted octanol–water partition coefficient (Wildman–Crippen LogP) is 0.691. The normalized spacial score (nSPS) is 17.4. The van der Waals surface area contributed by atoms with E-state index in [2.05, 4.69) is 22.1 Å². The molecule has 0 aromatic carbocycles. The van der Waals surface area contributed by atoms with Crippen molar-refractivity contribution in [2.24, 2.45) is 5.73 Å². The molecule has 1 amide bonds. The Kier molecular flexibility index (Phi) is 5.54. The molecule has 5 nitrogen and oxygen atoms in total. The summed E-state index contributed by atoms with van der Waals surface area (Å²) in [5, 5.41) is 2.88. The number of ether oxygens (including phenoxy) is 1. The number of pyridine rings is 1. The van der Waals surface area contributed by atoms with Gasteiger partial charge < -0.3 is 15.8 Å². The Labute approximate surface area is 118 Å². The molecule has 0 spiro atoms. The molecule has 1 atom stereocenters. The fraction of sp³-hybridized carbons (Fsp3) is 0.467. The molecule has 2 heterocycles. The minimum absolute atomic E-state index is 0.133. The lowest BCUT2D eigenvalue weighted by Crippen LogP contribution is -2.27. The van der Waals surface area contributed by atoms with Gasteiger partial charge in [-0.15, -0.1) is 0 Å². The first-order chi connectivity index (χ1) is 9.79. The van der Waals surface area contributed by atoms with Gasteiger partial charge in [-0.2, -0.15) is 0 Å². The van der Waals surface area contributed by atoms with E-state index in [4.69, 9.17) is 10.5 Å². The van der Waals surface area contributed by atoms with E-state index in [0.29, 0.717) is 17.7 Å². The third kappa shape index (κ3) is 4.34. The number of carbonyl (C=O) groups is 1. The number of nitrogens with one attached hydrogen (secondary N) is 1. The summed E-state index contributed by atoms with van der Waals surface area (Å²) in [7, 11) is 0. The van der Waals surface area contributed by atoms with Crippen LogP contribution in [0.3, 0.4) is 0 Å². The molecule has 1 aromatic heterocycles. The molecule has 1 aromatic rings. The molecule has 0 aliphatic carbocycles. The summed E-state index contributed by atoms with van der Waals surface area (Å²) in [5.41, 5.74) is 6.53. The maximum Gasteiger partial charge on any atom is 0.252 e. The molecular formula is C15H19N3O2. The fourth-order valence-electron chi connectivity index (χ4n) is 2.11. The Morgan fingerprint density at radius 1 is 1.55 bits per heavy atom. The summed E-state index contributed by atoms with van der Waals surface area (Å²) in [6.45, 7) is 1.74. The highest BCUT2D eigenvalue weighted by molar-refractivity contribution is 5.94. The SMILES string of the molecule is NCC#Cc1cncc(C(=O)NCCC2CCCO2)c1. The zero-order valence-corrected chi connectivity index (χ0v) is 11.4. The van der Waals surface area contributed by atoms with Gasteiger partial charge in [0.2, 0.25) is 0 Å². The van der Waals surface area contributed by atoms with Gasteiger partial charge in [0, 0.05) is 31.1 Å². The van der Waals surface area contributed by atoms with Crippen molar-refractivity contribution < 1.29 is 9.53 Å². The highest BCUT2D eigenvalue weighted by Crippen LogP contribution is 2.14. The van der Waals surface area contributed by atoms with Gasteiger partial charge in [-0.1, -0.05) is 11.8 Å². The first kappa shape index (κ1) is 14.5. The van der Waals surface area contributed by atoms with E-state index >= 15 is 0 Å². The van der Waals surface area contributed by atoms with E-state index in [0.717, 1.165) is 25.9 Å². The van der Waals surface area contributed by atoms with Crippen molar-refractivity contribution in [1.29, 1.82) is 0 Å². The summed E-state index contributed by atoms with van der Waals surface area (Å²) >= 11 is 0. The van der Waals surface area contributed by atoms with Gasteiger partial charge >= 0.3 is 0 Å². The van der Waals surface area contributed by atoms with E-state index in [-0.39, 0.29) is 18.6 Å². The second-order valence-electron chi connectivity index (χ2n) is 4.65. The van der Waals surface area contributed by atoms with Gasteiger partial charge in [-0.05, 0) is 25.3 Å². The van der Waals surface area contributed by atoms with Crippen LogP contribution in [-0.2, 0) is 4.74 Å². The largest absolute Gasteiger partial charge is 0.378 e. The smallest absolute Gasteiger partial charge is 0.252 e. The Morgan fingerprint density at radius 2 is 2.45 bits per heavy atom. The van der Waals surface area contributed by atoms with Crippen LogP contribution in [0.25, 0.3) is 0 Å². The second kappa shape index (κ2) is 7.63. The molecule has 2 rings (SSSR count). The lowest BCUT2D eigenvalue weighted by atomic mass is 10.1. The van der Waals surface area contributed by atoms with Gasteiger partial charge in [-0.25, -0.2) is 0 Å². The van der Waals surface area contributed by atoms with Crippen molar-refractivity contribution in [3.8, 4) is 11.8 Å². The number of carbonyl (C=O) groups excluding carboxylic acids is 1. The van der Waals surface area contributed by atoms with Crippen LogP contribution in [0.4, 0.5) is 0 Å². The summed E-state index contributed by atoms with van der Waals surface area (Å²) in [5.74, 6) is 5.47. The molecule has 1 aliphatic heterocycles. The Hall–Kier alpha value is -1.90. The van der Waals surface area contributed by atoms with E-state index in [9.17, 15) is 4.79 Å². The predicted molar refractivity (Wildman–Crippen MR) is 76.1 cm³/mol. The third-order valence-electron chi connectivity index (χ3n) is 3.11. The quantitative estimate of drug-likeness (QED) is 0.791. The van der Waals surface area contributed by atoms with Crippen LogP contribution in [0.5, 0.6) is 0 Å². The standard InChI is InChI=1S/C15H19N3O2/c16-6-1-3-12-9-13(11-17-10-12)15(19)18-7-5-14-4-2-8-20-14/h9-11,14H,2,4-8,16H2,(H,18,19). The van der Waals surface area contributed by atoms with Crippen LogP contribution >= 0.6 is 0 Å². The maximum atomic E-state index is 12.0. The Morgan fingerprint density at radius 3 is 3.20 bits per heavy atom. The monoisotopic (exact) mass is 273 g/mol. The number of amides is 1. The van der Waals surface area contributed by atoms with Crippen LogP contribution in [0.2, 0.25) is 0 Å². The lowest BCUT2D eigenvalue weighted by Gasteiger charge is -2.10. The minimum atomic E-state index is -0.133. The molecule has 106 valence electrons. The van der Waals surface area contributed by atoms with Gasteiger partial charge in [0.15, 0.2) is 0 Å². The van der Waals surface area contributed by atoms with Crippen molar-refractivity contribution in [1.82, 2.24) is 10.3 Å². The summed E-state index contributed by atoms with van der Waals surface area (Å²) in [4.78, 5) is 16.0. The fourth-order valence-corrected chi connectivity index (χ4v) is 2.11. The van der Waals surface area contributed by atoms with E-state index < -0.39 is 0 Å². The van der Waals surface area contributed by atoms with Crippen LogP contribution in [-0.4, -0.2) is 36.7 Å². The van der Waals surface area contributed by atoms with Crippen LogP contribution < -0.4 is 11.1 Å². The zero-order chi connectivity index (χ0) is 14.2. The Balaban J connectivity index is 1.85. The maximum absolute atomic E-state index is 12.0. The molecule has 1 fully saturated rings.